The molecule has 7 heteroatoms. The summed E-state index contributed by atoms with van der Waals surface area (Å²) >= 11 is 1.55. The zero-order valence-electron chi connectivity index (χ0n) is 18.2. The van der Waals surface area contributed by atoms with E-state index in [1.165, 1.54) is 0 Å². The van der Waals surface area contributed by atoms with Gasteiger partial charge in [-0.15, -0.1) is 11.3 Å². The van der Waals surface area contributed by atoms with Gasteiger partial charge in [-0.2, -0.15) is 0 Å². The van der Waals surface area contributed by atoms with E-state index >= 15 is 0 Å². The standard InChI is InChI=1S/C23H33N3O3S/c1-17(2)13-22-25-21(16-30-22)23(27)24-15-18-5-4-6-20(14-18)29-12-9-26(3)19-7-10-28-11-8-19/h4-6,14,16-17,19H,7-13,15H2,1-3H3,(H,24,27). The topological polar surface area (TPSA) is 63.7 Å². The number of thiazole rings is 1. The fourth-order valence-electron chi connectivity index (χ4n) is 3.49. The largest absolute Gasteiger partial charge is 0.492 e. The summed E-state index contributed by atoms with van der Waals surface area (Å²) in [6, 6.07) is 8.48. The molecule has 0 atom stereocenters. The van der Waals surface area contributed by atoms with E-state index in [0.29, 0.717) is 30.8 Å². The molecule has 6 nitrogen and oxygen atoms in total. The van der Waals surface area contributed by atoms with Crippen molar-refractivity contribution in [2.75, 3.05) is 33.4 Å². The van der Waals surface area contributed by atoms with E-state index in [1.54, 1.807) is 11.3 Å². The molecule has 3 rings (SSSR count). The van der Waals surface area contributed by atoms with Crippen LogP contribution in [-0.4, -0.2) is 55.2 Å². The summed E-state index contributed by atoms with van der Waals surface area (Å²) in [6.45, 7) is 7.98. The summed E-state index contributed by atoms with van der Waals surface area (Å²) in [5.41, 5.74) is 1.51. The maximum atomic E-state index is 12.4. The van der Waals surface area contributed by atoms with Crippen LogP contribution in [0.4, 0.5) is 0 Å². The van der Waals surface area contributed by atoms with Crippen LogP contribution in [0.5, 0.6) is 5.75 Å². The number of rotatable bonds is 10. The Morgan fingerprint density at radius 1 is 1.37 bits per heavy atom. The maximum absolute atomic E-state index is 12.4. The van der Waals surface area contributed by atoms with Gasteiger partial charge in [0.05, 0.1) is 5.01 Å². The van der Waals surface area contributed by atoms with E-state index < -0.39 is 0 Å². The molecule has 0 aliphatic carbocycles. The summed E-state index contributed by atoms with van der Waals surface area (Å²) in [7, 11) is 2.15. The van der Waals surface area contributed by atoms with Crippen LogP contribution in [0.2, 0.25) is 0 Å². The molecule has 1 aliphatic heterocycles. The van der Waals surface area contributed by atoms with Crippen molar-refractivity contribution in [3.8, 4) is 5.75 Å². The Hall–Kier alpha value is -1.96. The van der Waals surface area contributed by atoms with Crippen LogP contribution in [0.15, 0.2) is 29.6 Å². The van der Waals surface area contributed by atoms with Crippen molar-refractivity contribution in [3.63, 3.8) is 0 Å². The second kappa shape index (κ2) is 11.4. The molecule has 0 spiro atoms. The summed E-state index contributed by atoms with van der Waals surface area (Å²) in [5, 5.41) is 5.80. The van der Waals surface area contributed by atoms with Gasteiger partial charge in [0.15, 0.2) is 0 Å². The molecule has 0 unspecified atom stereocenters. The predicted octanol–water partition coefficient (Wildman–Crippen LogP) is 3.76. The lowest BCUT2D eigenvalue weighted by molar-refractivity contribution is 0.0392. The minimum Gasteiger partial charge on any atom is -0.492 e. The molecule has 2 heterocycles. The van der Waals surface area contributed by atoms with Crippen molar-refractivity contribution in [2.24, 2.45) is 5.92 Å². The highest BCUT2D eigenvalue weighted by Crippen LogP contribution is 2.16. The van der Waals surface area contributed by atoms with E-state index in [9.17, 15) is 4.79 Å². The highest BCUT2D eigenvalue weighted by molar-refractivity contribution is 7.09. The Bertz CT molecular complexity index is 802. The van der Waals surface area contributed by atoms with Gasteiger partial charge in [0.25, 0.3) is 5.91 Å². The fraction of sp³-hybridized carbons (Fsp3) is 0.565. The Kier molecular flexibility index (Phi) is 8.66. The van der Waals surface area contributed by atoms with Gasteiger partial charge in [-0.1, -0.05) is 26.0 Å². The second-order valence-electron chi connectivity index (χ2n) is 8.23. The van der Waals surface area contributed by atoms with Gasteiger partial charge in [-0.25, -0.2) is 4.98 Å². The number of carbonyl (C=O) groups is 1. The van der Waals surface area contributed by atoms with Gasteiger partial charge in [0.1, 0.15) is 18.1 Å². The molecule has 164 valence electrons. The molecular weight excluding hydrogens is 398 g/mol. The Balaban J connectivity index is 1.43. The first-order chi connectivity index (χ1) is 14.5. The van der Waals surface area contributed by atoms with Crippen molar-refractivity contribution < 1.29 is 14.3 Å². The number of amides is 1. The molecule has 0 saturated carbocycles. The van der Waals surface area contributed by atoms with E-state index in [1.807, 2.05) is 29.6 Å². The molecule has 1 N–H and O–H groups in total. The normalized spacial score (nSPS) is 15.0. The van der Waals surface area contributed by atoms with E-state index in [4.69, 9.17) is 9.47 Å². The Labute approximate surface area is 183 Å². The zero-order valence-corrected chi connectivity index (χ0v) is 19.0. The van der Waals surface area contributed by atoms with Crippen molar-refractivity contribution in [1.29, 1.82) is 0 Å². The Morgan fingerprint density at radius 3 is 2.93 bits per heavy atom. The first kappa shape index (κ1) is 22.7. The van der Waals surface area contributed by atoms with Crippen LogP contribution in [-0.2, 0) is 17.7 Å². The lowest BCUT2D eigenvalue weighted by Crippen LogP contribution is -2.38. The van der Waals surface area contributed by atoms with E-state index in [0.717, 1.165) is 55.3 Å². The molecule has 0 bridgehead atoms. The third-order valence-electron chi connectivity index (χ3n) is 5.25. The number of hydrogen-bond acceptors (Lipinski definition) is 6. The number of nitrogens with zero attached hydrogens (tertiary/aromatic N) is 2. The third-order valence-corrected chi connectivity index (χ3v) is 6.12. The van der Waals surface area contributed by atoms with Crippen LogP contribution >= 0.6 is 11.3 Å². The van der Waals surface area contributed by atoms with Gasteiger partial charge in [-0.05, 0) is 43.5 Å². The van der Waals surface area contributed by atoms with Gasteiger partial charge in [-0.3, -0.25) is 9.69 Å². The molecule has 1 aromatic heterocycles. The zero-order chi connectivity index (χ0) is 21.3. The first-order valence-corrected chi connectivity index (χ1v) is 11.6. The first-order valence-electron chi connectivity index (χ1n) is 10.7. The highest BCUT2D eigenvalue weighted by atomic mass is 32.1. The number of carbonyl (C=O) groups excluding carboxylic acids is 1. The van der Waals surface area contributed by atoms with Crippen molar-refractivity contribution >= 4 is 17.2 Å². The van der Waals surface area contributed by atoms with Crippen LogP contribution < -0.4 is 10.1 Å². The molecule has 1 fully saturated rings. The second-order valence-corrected chi connectivity index (χ2v) is 9.17. The third kappa shape index (κ3) is 7.07. The Morgan fingerprint density at radius 2 is 2.17 bits per heavy atom. The van der Waals surface area contributed by atoms with Gasteiger partial charge < -0.3 is 14.8 Å². The number of likely N-dealkylation sites (N-methyl/N-ethyl adjacent to an activating group) is 1. The van der Waals surface area contributed by atoms with Crippen LogP contribution in [0.25, 0.3) is 0 Å². The SMILES string of the molecule is CC(C)Cc1nc(C(=O)NCc2cccc(OCCN(C)C3CCOCC3)c2)cs1. The molecular formula is C23H33N3O3S. The lowest BCUT2D eigenvalue weighted by Gasteiger charge is -2.31. The number of hydrogen-bond donors (Lipinski definition) is 1. The summed E-state index contributed by atoms with van der Waals surface area (Å²) in [5.74, 6) is 1.23. The van der Waals surface area contributed by atoms with Crippen molar-refractivity contribution in [2.45, 2.75) is 45.7 Å². The number of aromatic nitrogens is 1. The number of benzene rings is 1. The smallest absolute Gasteiger partial charge is 0.271 e. The van der Waals surface area contributed by atoms with E-state index in [2.05, 4.69) is 36.1 Å². The molecule has 1 aromatic carbocycles. The molecule has 1 aliphatic rings. The fourth-order valence-corrected chi connectivity index (χ4v) is 4.48. The van der Waals surface area contributed by atoms with Crippen LogP contribution in [0, 0.1) is 5.92 Å². The van der Waals surface area contributed by atoms with Gasteiger partial charge >= 0.3 is 0 Å². The van der Waals surface area contributed by atoms with Crippen LogP contribution in [0.1, 0.15) is 47.7 Å². The number of nitrogens with one attached hydrogen (secondary N) is 1. The molecule has 0 radical (unpaired) electrons. The minimum absolute atomic E-state index is 0.134. The van der Waals surface area contributed by atoms with Crippen LogP contribution in [0.3, 0.4) is 0 Å². The predicted molar refractivity (Wildman–Crippen MR) is 120 cm³/mol. The molecule has 1 saturated heterocycles. The van der Waals surface area contributed by atoms with E-state index in [-0.39, 0.29) is 5.91 Å². The summed E-state index contributed by atoms with van der Waals surface area (Å²) in [6.07, 6.45) is 3.08. The molecule has 1 amide bonds. The van der Waals surface area contributed by atoms with Gasteiger partial charge in [0, 0.05) is 44.1 Å². The maximum Gasteiger partial charge on any atom is 0.271 e. The van der Waals surface area contributed by atoms with Gasteiger partial charge in [0.2, 0.25) is 0 Å². The highest BCUT2D eigenvalue weighted by Gasteiger charge is 2.18. The molecule has 2 aromatic rings. The minimum atomic E-state index is -0.134. The summed E-state index contributed by atoms with van der Waals surface area (Å²) in [4.78, 5) is 19.2. The lowest BCUT2D eigenvalue weighted by atomic mass is 10.1. The van der Waals surface area contributed by atoms with Crippen molar-refractivity contribution in [1.82, 2.24) is 15.2 Å². The van der Waals surface area contributed by atoms with Crippen molar-refractivity contribution in [3.05, 3.63) is 45.9 Å². The molecule has 30 heavy (non-hydrogen) atoms. The average Bonchev–Trinajstić information content (AvgIpc) is 3.21. The summed E-state index contributed by atoms with van der Waals surface area (Å²) < 4.78 is 11.4. The monoisotopic (exact) mass is 431 g/mol. The number of ether oxygens (including phenoxy) is 2. The quantitative estimate of drug-likeness (QED) is 0.621. The average molecular weight is 432 g/mol.